The van der Waals surface area contributed by atoms with Crippen molar-refractivity contribution in [3.8, 4) is 0 Å². The van der Waals surface area contributed by atoms with Gasteiger partial charge < -0.3 is 15.5 Å². The Morgan fingerprint density at radius 3 is 2.27 bits per heavy atom. The van der Waals surface area contributed by atoms with E-state index in [0.717, 1.165) is 31.6 Å². The SMILES string of the molecule is O=C(c1ccccc1NC(=S)Nc1ccc(Cl)cc1)N1CCCCCC1. The zero-order valence-corrected chi connectivity index (χ0v) is 16.1. The number of nitrogens with zero attached hydrogens (tertiary/aromatic N) is 1. The fourth-order valence-corrected chi connectivity index (χ4v) is 3.39. The second kappa shape index (κ2) is 9.01. The average Bonchev–Trinajstić information content (AvgIpc) is 2.93. The Kier molecular flexibility index (Phi) is 6.47. The molecular weight excluding hydrogens is 366 g/mol. The van der Waals surface area contributed by atoms with Gasteiger partial charge in [0.1, 0.15) is 0 Å². The minimum Gasteiger partial charge on any atom is -0.339 e. The summed E-state index contributed by atoms with van der Waals surface area (Å²) in [5.41, 5.74) is 2.20. The van der Waals surface area contributed by atoms with Crippen molar-refractivity contribution in [2.75, 3.05) is 23.7 Å². The van der Waals surface area contributed by atoms with Gasteiger partial charge in [0.2, 0.25) is 0 Å². The number of halogens is 1. The first-order valence-electron chi connectivity index (χ1n) is 8.85. The third-order valence-electron chi connectivity index (χ3n) is 4.40. The minimum absolute atomic E-state index is 0.0595. The Bertz CT molecular complexity index is 771. The number of rotatable bonds is 3. The van der Waals surface area contributed by atoms with Crippen LogP contribution in [-0.2, 0) is 0 Å². The molecule has 0 aliphatic carbocycles. The number of carbonyl (C=O) groups is 1. The molecule has 0 bridgehead atoms. The Morgan fingerprint density at radius 1 is 0.923 bits per heavy atom. The molecule has 136 valence electrons. The number of thiocarbonyl (C=S) groups is 1. The van der Waals surface area contributed by atoms with E-state index in [1.807, 2.05) is 41.3 Å². The highest BCUT2D eigenvalue weighted by Crippen LogP contribution is 2.21. The lowest BCUT2D eigenvalue weighted by molar-refractivity contribution is 0.0762. The molecule has 0 radical (unpaired) electrons. The molecule has 26 heavy (non-hydrogen) atoms. The number of amides is 1. The molecule has 1 aliphatic rings. The molecule has 0 saturated carbocycles. The quantitative estimate of drug-likeness (QED) is 0.713. The molecule has 0 aromatic heterocycles. The summed E-state index contributed by atoms with van der Waals surface area (Å²) in [6.45, 7) is 1.64. The standard InChI is InChI=1S/C20H22ClN3OS/c21-15-9-11-16(12-10-15)22-20(26)23-18-8-4-3-7-17(18)19(25)24-13-5-1-2-6-14-24/h3-4,7-12H,1-2,5-6,13-14H2,(H2,22,23,26). The lowest BCUT2D eigenvalue weighted by Crippen LogP contribution is -2.32. The van der Waals surface area contributed by atoms with Crippen molar-refractivity contribution < 1.29 is 4.79 Å². The van der Waals surface area contributed by atoms with Crippen molar-refractivity contribution in [2.45, 2.75) is 25.7 Å². The van der Waals surface area contributed by atoms with Crippen LogP contribution in [0.5, 0.6) is 0 Å². The van der Waals surface area contributed by atoms with Crippen LogP contribution in [0.2, 0.25) is 5.02 Å². The van der Waals surface area contributed by atoms with Crippen LogP contribution in [0.1, 0.15) is 36.0 Å². The van der Waals surface area contributed by atoms with Crippen LogP contribution >= 0.6 is 23.8 Å². The smallest absolute Gasteiger partial charge is 0.255 e. The number of likely N-dealkylation sites (tertiary alicyclic amines) is 1. The first-order chi connectivity index (χ1) is 12.6. The molecule has 1 fully saturated rings. The Morgan fingerprint density at radius 2 is 1.58 bits per heavy atom. The number of hydrogen-bond donors (Lipinski definition) is 2. The molecule has 1 saturated heterocycles. The maximum absolute atomic E-state index is 13.0. The van der Waals surface area contributed by atoms with Crippen LogP contribution in [0.25, 0.3) is 0 Å². The van der Waals surface area contributed by atoms with Crippen LogP contribution in [0.4, 0.5) is 11.4 Å². The summed E-state index contributed by atoms with van der Waals surface area (Å²) in [6.07, 6.45) is 4.52. The molecule has 1 aliphatic heterocycles. The molecule has 1 heterocycles. The maximum atomic E-state index is 13.0. The van der Waals surface area contributed by atoms with E-state index in [-0.39, 0.29) is 5.91 Å². The zero-order chi connectivity index (χ0) is 18.4. The molecule has 0 spiro atoms. The summed E-state index contributed by atoms with van der Waals surface area (Å²) in [5, 5.41) is 7.36. The van der Waals surface area contributed by atoms with E-state index in [4.69, 9.17) is 23.8 Å². The van der Waals surface area contributed by atoms with Crippen molar-refractivity contribution in [2.24, 2.45) is 0 Å². The summed E-state index contributed by atoms with van der Waals surface area (Å²) in [5.74, 6) is 0.0595. The van der Waals surface area contributed by atoms with E-state index < -0.39 is 0 Å². The van der Waals surface area contributed by atoms with Crippen LogP contribution in [0.15, 0.2) is 48.5 Å². The predicted octanol–water partition coefficient (Wildman–Crippen LogP) is 5.17. The summed E-state index contributed by atoms with van der Waals surface area (Å²) in [6, 6.07) is 14.8. The molecule has 0 unspecified atom stereocenters. The van der Waals surface area contributed by atoms with Crippen molar-refractivity contribution in [3.05, 3.63) is 59.1 Å². The first-order valence-corrected chi connectivity index (χ1v) is 9.64. The molecule has 1 amide bonds. The summed E-state index contributed by atoms with van der Waals surface area (Å²) < 4.78 is 0. The van der Waals surface area contributed by atoms with E-state index in [0.29, 0.717) is 21.4 Å². The van der Waals surface area contributed by atoms with Gasteiger partial charge in [-0.3, -0.25) is 4.79 Å². The highest BCUT2D eigenvalue weighted by atomic mass is 35.5. The van der Waals surface area contributed by atoms with Crippen LogP contribution in [0, 0.1) is 0 Å². The van der Waals surface area contributed by atoms with Crippen molar-refractivity contribution >= 4 is 46.2 Å². The molecule has 2 aromatic carbocycles. The fourth-order valence-electron chi connectivity index (χ4n) is 3.04. The lowest BCUT2D eigenvalue weighted by atomic mass is 10.1. The predicted molar refractivity (Wildman–Crippen MR) is 112 cm³/mol. The van der Waals surface area contributed by atoms with Gasteiger partial charge in [0.25, 0.3) is 5.91 Å². The van der Waals surface area contributed by atoms with Crippen LogP contribution < -0.4 is 10.6 Å². The molecule has 6 heteroatoms. The van der Waals surface area contributed by atoms with E-state index in [2.05, 4.69) is 10.6 Å². The van der Waals surface area contributed by atoms with Gasteiger partial charge in [-0.1, -0.05) is 36.6 Å². The maximum Gasteiger partial charge on any atom is 0.255 e. The van der Waals surface area contributed by atoms with Gasteiger partial charge in [-0.25, -0.2) is 0 Å². The second-order valence-electron chi connectivity index (χ2n) is 6.34. The Hall–Kier alpha value is -2.11. The number of benzene rings is 2. The first kappa shape index (κ1) is 18.7. The molecule has 0 atom stereocenters. The van der Waals surface area contributed by atoms with Gasteiger partial charge in [0.05, 0.1) is 11.3 Å². The topological polar surface area (TPSA) is 44.4 Å². The summed E-state index contributed by atoms with van der Waals surface area (Å²) >= 11 is 11.3. The summed E-state index contributed by atoms with van der Waals surface area (Å²) in [4.78, 5) is 14.9. The van der Waals surface area contributed by atoms with Gasteiger partial charge in [0.15, 0.2) is 5.11 Å². The number of anilines is 2. The Balaban J connectivity index is 1.70. The number of carbonyl (C=O) groups excluding carboxylic acids is 1. The van der Waals surface area contributed by atoms with E-state index in [9.17, 15) is 4.79 Å². The summed E-state index contributed by atoms with van der Waals surface area (Å²) in [7, 11) is 0. The lowest BCUT2D eigenvalue weighted by Gasteiger charge is -2.22. The van der Waals surface area contributed by atoms with Gasteiger partial charge in [-0.05, 0) is 61.5 Å². The highest BCUT2D eigenvalue weighted by molar-refractivity contribution is 7.80. The molecule has 2 N–H and O–H groups in total. The van der Waals surface area contributed by atoms with E-state index in [1.165, 1.54) is 12.8 Å². The second-order valence-corrected chi connectivity index (χ2v) is 7.18. The minimum atomic E-state index is 0.0595. The van der Waals surface area contributed by atoms with E-state index in [1.54, 1.807) is 12.1 Å². The van der Waals surface area contributed by atoms with E-state index >= 15 is 0 Å². The van der Waals surface area contributed by atoms with Crippen LogP contribution in [-0.4, -0.2) is 29.0 Å². The Labute approximate surface area is 164 Å². The molecule has 4 nitrogen and oxygen atoms in total. The molecule has 3 rings (SSSR count). The van der Waals surface area contributed by atoms with Gasteiger partial charge >= 0.3 is 0 Å². The van der Waals surface area contributed by atoms with Gasteiger partial charge in [-0.2, -0.15) is 0 Å². The number of para-hydroxylation sites is 1. The van der Waals surface area contributed by atoms with Gasteiger partial charge in [-0.15, -0.1) is 0 Å². The monoisotopic (exact) mass is 387 g/mol. The zero-order valence-electron chi connectivity index (χ0n) is 14.5. The number of hydrogen-bond acceptors (Lipinski definition) is 2. The average molecular weight is 388 g/mol. The van der Waals surface area contributed by atoms with Crippen molar-refractivity contribution in [1.29, 1.82) is 0 Å². The third-order valence-corrected chi connectivity index (χ3v) is 4.86. The highest BCUT2D eigenvalue weighted by Gasteiger charge is 2.20. The largest absolute Gasteiger partial charge is 0.339 e. The fraction of sp³-hybridized carbons (Fsp3) is 0.300. The number of nitrogens with one attached hydrogen (secondary N) is 2. The third kappa shape index (κ3) is 4.96. The van der Waals surface area contributed by atoms with Crippen molar-refractivity contribution in [1.82, 2.24) is 4.90 Å². The normalized spacial score (nSPS) is 14.4. The van der Waals surface area contributed by atoms with Gasteiger partial charge in [0, 0.05) is 23.8 Å². The molecular formula is C20H22ClN3OS. The molecule has 2 aromatic rings. The van der Waals surface area contributed by atoms with Crippen LogP contribution in [0.3, 0.4) is 0 Å². The van der Waals surface area contributed by atoms with Crippen molar-refractivity contribution in [3.63, 3.8) is 0 Å².